The van der Waals surface area contributed by atoms with Gasteiger partial charge in [0.05, 0.1) is 0 Å². The van der Waals surface area contributed by atoms with E-state index in [1.165, 1.54) is 43.4 Å². The number of thioether (sulfide) groups is 1. The fraction of sp³-hybridized carbons (Fsp3) is 0.667. The lowest BCUT2D eigenvalue weighted by atomic mass is 10.0. The topological polar surface area (TPSA) is 50.9 Å². The molecule has 106 valence electrons. The highest BCUT2D eigenvalue weighted by Gasteiger charge is 2.16. The molecule has 1 atom stereocenters. The first-order valence-electron chi connectivity index (χ1n) is 7.27. The SMILES string of the molecule is CNC(CSC1CCCCC1)Cc1ccnc(N)c1. The van der Waals surface area contributed by atoms with Crippen molar-refractivity contribution < 1.29 is 0 Å². The zero-order valence-corrected chi connectivity index (χ0v) is 12.6. The largest absolute Gasteiger partial charge is 0.384 e. The van der Waals surface area contributed by atoms with E-state index < -0.39 is 0 Å². The molecule has 0 aromatic carbocycles. The molecule has 0 aliphatic heterocycles. The van der Waals surface area contributed by atoms with Crippen molar-refractivity contribution in [1.29, 1.82) is 0 Å². The predicted octanol–water partition coefficient (Wildman–Crippen LogP) is 2.86. The highest BCUT2D eigenvalue weighted by molar-refractivity contribution is 7.99. The first-order chi connectivity index (χ1) is 9.28. The number of nitrogens with two attached hydrogens (primary N) is 1. The lowest BCUT2D eigenvalue weighted by Crippen LogP contribution is -2.31. The van der Waals surface area contributed by atoms with Crippen LogP contribution in [0.4, 0.5) is 5.82 Å². The van der Waals surface area contributed by atoms with Crippen molar-refractivity contribution in [3.8, 4) is 0 Å². The van der Waals surface area contributed by atoms with Crippen LogP contribution in [0.1, 0.15) is 37.7 Å². The summed E-state index contributed by atoms with van der Waals surface area (Å²) in [5.41, 5.74) is 7.00. The minimum absolute atomic E-state index is 0.522. The van der Waals surface area contributed by atoms with Gasteiger partial charge in [-0.05, 0) is 44.0 Å². The molecule has 0 saturated heterocycles. The van der Waals surface area contributed by atoms with Gasteiger partial charge in [0.15, 0.2) is 0 Å². The zero-order chi connectivity index (χ0) is 13.5. The maximum Gasteiger partial charge on any atom is 0.123 e. The van der Waals surface area contributed by atoms with Crippen molar-refractivity contribution in [2.75, 3.05) is 18.5 Å². The predicted molar refractivity (Wildman–Crippen MR) is 84.5 cm³/mol. The van der Waals surface area contributed by atoms with E-state index >= 15 is 0 Å². The quantitative estimate of drug-likeness (QED) is 0.841. The second-order valence-electron chi connectivity index (χ2n) is 5.37. The second-order valence-corrected chi connectivity index (χ2v) is 6.71. The van der Waals surface area contributed by atoms with Crippen LogP contribution in [0.2, 0.25) is 0 Å². The molecule has 1 heterocycles. The van der Waals surface area contributed by atoms with Gasteiger partial charge in [0, 0.05) is 23.2 Å². The molecule has 1 aromatic heterocycles. The molecular weight excluding hydrogens is 254 g/mol. The molecule has 0 amide bonds. The minimum atomic E-state index is 0.522. The van der Waals surface area contributed by atoms with E-state index in [0.717, 1.165) is 11.7 Å². The summed E-state index contributed by atoms with van der Waals surface area (Å²) < 4.78 is 0. The summed E-state index contributed by atoms with van der Waals surface area (Å²) in [6.07, 6.45) is 9.91. The van der Waals surface area contributed by atoms with Gasteiger partial charge in [0.1, 0.15) is 5.82 Å². The first-order valence-corrected chi connectivity index (χ1v) is 8.32. The van der Waals surface area contributed by atoms with Gasteiger partial charge in [-0.2, -0.15) is 11.8 Å². The maximum absolute atomic E-state index is 5.73. The summed E-state index contributed by atoms with van der Waals surface area (Å²) in [5.74, 6) is 1.80. The Kier molecular flexibility index (Phi) is 5.98. The van der Waals surface area contributed by atoms with Crippen LogP contribution in [0.25, 0.3) is 0 Å². The van der Waals surface area contributed by atoms with Crippen LogP contribution >= 0.6 is 11.8 Å². The monoisotopic (exact) mass is 279 g/mol. The number of anilines is 1. The van der Waals surface area contributed by atoms with Gasteiger partial charge >= 0.3 is 0 Å². The Morgan fingerprint density at radius 1 is 1.42 bits per heavy atom. The van der Waals surface area contributed by atoms with Gasteiger partial charge < -0.3 is 11.1 Å². The Morgan fingerprint density at radius 3 is 2.89 bits per heavy atom. The Morgan fingerprint density at radius 2 is 2.21 bits per heavy atom. The van der Waals surface area contributed by atoms with Crippen LogP contribution in [-0.2, 0) is 6.42 Å². The molecule has 3 N–H and O–H groups in total. The summed E-state index contributed by atoms with van der Waals surface area (Å²) in [4.78, 5) is 4.04. The van der Waals surface area contributed by atoms with E-state index in [1.54, 1.807) is 6.20 Å². The average molecular weight is 279 g/mol. The molecular formula is C15H25N3S. The second kappa shape index (κ2) is 7.75. The third-order valence-electron chi connectivity index (χ3n) is 3.82. The van der Waals surface area contributed by atoms with Gasteiger partial charge in [-0.1, -0.05) is 19.3 Å². The zero-order valence-electron chi connectivity index (χ0n) is 11.8. The summed E-state index contributed by atoms with van der Waals surface area (Å²) in [5, 5.41) is 4.31. The number of pyridine rings is 1. The maximum atomic E-state index is 5.73. The number of hydrogen-bond donors (Lipinski definition) is 2. The van der Waals surface area contributed by atoms with Crippen molar-refractivity contribution in [3.63, 3.8) is 0 Å². The van der Waals surface area contributed by atoms with Gasteiger partial charge in [-0.25, -0.2) is 4.98 Å². The molecule has 1 aromatic rings. The van der Waals surface area contributed by atoms with Gasteiger partial charge in [0.2, 0.25) is 0 Å². The van der Waals surface area contributed by atoms with Crippen LogP contribution in [0.5, 0.6) is 0 Å². The Bertz CT molecular complexity index is 377. The first kappa shape index (κ1) is 14.7. The lowest BCUT2D eigenvalue weighted by molar-refractivity contribution is 0.514. The Labute approximate surface area is 120 Å². The lowest BCUT2D eigenvalue weighted by Gasteiger charge is -2.24. The van der Waals surface area contributed by atoms with Gasteiger partial charge in [0.25, 0.3) is 0 Å². The van der Waals surface area contributed by atoms with Crippen molar-refractivity contribution in [2.45, 2.75) is 49.8 Å². The molecule has 0 spiro atoms. The van der Waals surface area contributed by atoms with Gasteiger partial charge in [-0.3, -0.25) is 0 Å². The van der Waals surface area contributed by atoms with Crippen molar-refractivity contribution in [3.05, 3.63) is 23.9 Å². The Balaban J connectivity index is 1.79. The number of likely N-dealkylation sites (N-methyl/N-ethyl adjacent to an activating group) is 1. The highest BCUT2D eigenvalue weighted by atomic mass is 32.2. The fourth-order valence-corrected chi connectivity index (χ4v) is 4.09. The molecule has 0 bridgehead atoms. The van der Waals surface area contributed by atoms with Crippen LogP contribution < -0.4 is 11.1 Å². The molecule has 1 unspecified atom stereocenters. The third-order valence-corrected chi connectivity index (χ3v) is 5.36. The molecule has 1 aliphatic rings. The molecule has 2 rings (SSSR count). The van der Waals surface area contributed by atoms with Crippen LogP contribution in [0.3, 0.4) is 0 Å². The Hall–Kier alpha value is -0.740. The summed E-state index contributed by atoms with van der Waals surface area (Å²) in [7, 11) is 2.05. The minimum Gasteiger partial charge on any atom is -0.384 e. The average Bonchev–Trinajstić information content (AvgIpc) is 2.44. The van der Waals surface area contributed by atoms with E-state index in [9.17, 15) is 0 Å². The fourth-order valence-electron chi connectivity index (χ4n) is 2.63. The molecule has 19 heavy (non-hydrogen) atoms. The summed E-state index contributed by atoms with van der Waals surface area (Å²) in [6, 6.07) is 4.57. The standard InChI is InChI=1S/C15H25N3S/c1-17-13(9-12-7-8-18-15(16)10-12)11-19-14-5-3-2-4-6-14/h7-8,10,13-14,17H,2-6,9,11H2,1H3,(H2,16,18). The molecule has 1 fully saturated rings. The van der Waals surface area contributed by atoms with E-state index in [4.69, 9.17) is 5.73 Å². The highest BCUT2D eigenvalue weighted by Crippen LogP contribution is 2.28. The molecule has 0 radical (unpaired) electrons. The number of nitrogens with one attached hydrogen (secondary N) is 1. The summed E-state index contributed by atoms with van der Waals surface area (Å²) >= 11 is 2.14. The van der Waals surface area contributed by atoms with Crippen molar-refractivity contribution in [2.24, 2.45) is 0 Å². The smallest absolute Gasteiger partial charge is 0.123 e. The van der Waals surface area contributed by atoms with Crippen molar-refractivity contribution in [1.82, 2.24) is 10.3 Å². The van der Waals surface area contributed by atoms with E-state index in [1.807, 2.05) is 6.07 Å². The molecule has 1 saturated carbocycles. The normalized spacial score (nSPS) is 18.4. The molecule has 4 heteroatoms. The van der Waals surface area contributed by atoms with Crippen LogP contribution in [-0.4, -0.2) is 29.1 Å². The van der Waals surface area contributed by atoms with Crippen LogP contribution in [0.15, 0.2) is 18.3 Å². The number of nitrogen functional groups attached to an aromatic ring is 1. The third kappa shape index (κ3) is 5.03. The number of rotatable bonds is 6. The number of aromatic nitrogens is 1. The molecule has 1 aliphatic carbocycles. The molecule has 3 nitrogen and oxygen atoms in total. The van der Waals surface area contributed by atoms with E-state index in [0.29, 0.717) is 11.9 Å². The van der Waals surface area contributed by atoms with Crippen LogP contribution in [0, 0.1) is 0 Å². The van der Waals surface area contributed by atoms with Crippen molar-refractivity contribution >= 4 is 17.6 Å². The van der Waals surface area contributed by atoms with Gasteiger partial charge in [-0.15, -0.1) is 0 Å². The number of nitrogens with zero attached hydrogens (tertiary/aromatic N) is 1. The van der Waals surface area contributed by atoms with E-state index in [2.05, 4.69) is 35.2 Å². The summed E-state index contributed by atoms with van der Waals surface area (Å²) in [6.45, 7) is 0. The number of hydrogen-bond acceptors (Lipinski definition) is 4. The van der Waals surface area contributed by atoms with E-state index in [-0.39, 0.29) is 0 Å².